The summed E-state index contributed by atoms with van der Waals surface area (Å²) in [5.41, 5.74) is 6.77. The van der Waals surface area contributed by atoms with E-state index in [1.54, 1.807) is 11.8 Å². The van der Waals surface area contributed by atoms with Gasteiger partial charge in [-0.1, -0.05) is 12.1 Å². The lowest BCUT2D eigenvalue weighted by Gasteiger charge is -2.34. The van der Waals surface area contributed by atoms with Crippen LogP contribution >= 0.6 is 24.2 Å². The predicted octanol–water partition coefficient (Wildman–Crippen LogP) is 3.03. The fourth-order valence-electron chi connectivity index (χ4n) is 2.62. The molecule has 0 aromatic heterocycles. The fourth-order valence-corrected chi connectivity index (χ4v) is 3.21. The van der Waals surface area contributed by atoms with Gasteiger partial charge in [-0.3, -0.25) is 4.79 Å². The second-order valence-electron chi connectivity index (χ2n) is 5.19. The van der Waals surface area contributed by atoms with E-state index in [1.165, 1.54) is 0 Å². The van der Waals surface area contributed by atoms with Crippen molar-refractivity contribution in [3.63, 3.8) is 0 Å². The van der Waals surface area contributed by atoms with Gasteiger partial charge >= 0.3 is 0 Å². The van der Waals surface area contributed by atoms with E-state index < -0.39 is 0 Å². The maximum Gasteiger partial charge on any atom is 0.254 e. The largest absolute Gasteiger partial charge is 0.339 e. The zero-order valence-corrected chi connectivity index (χ0v) is 13.7. The molecule has 1 unspecified atom stereocenters. The van der Waals surface area contributed by atoms with Crippen LogP contribution in [0.4, 0.5) is 0 Å². The highest BCUT2D eigenvalue weighted by Crippen LogP contribution is 2.25. The smallest absolute Gasteiger partial charge is 0.254 e. The summed E-state index contributed by atoms with van der Waals surface area (Å²) in [5.74, 6) is 0.716. The van der Waals surface area contributed by atoms with Gasteiger partial charge in [-0.25, -0.2) is 0 Å². The number of carbonyl (C=O) groups excluding carboxylic acids is 1. The normalized spacial score (nSPS) is 17.4. The topological polar surface area (TPSA) is 46.3 Å². The van der Waals surface area contributed by atoms with Gasteiger partial charge in [0.2, 0.25) is 0 Å². The monoisotopic (exact) mass is 314 g/mol. The number of hydrogen-bond acceptors (Lipinski definition) is 3. The Labute approximate surface area is 131 Å². The molecule has 1 aliphatic heterocycles. The molecule has 0 bridgehead atoms. The molecule has 20 heavy (non-hydrogen) atoms. The minimum Gasteiger partial charge on any atom is -0.339 e. The molecule has 2 rings (SSSR count). The number of piperidine rings is 1. The van der Waals surface area contributed by atoms with Gasteiger partial charge in [-0.05, 0) is 44.1 Å². The van der Waals surface area contributed by atoms with Crippen LogP contribution in [0, 0.1) is 5.92 Å². The predicted molar refractivity (Wildman–Crippen MR) is 87.7 cm³/mol. The number of likely N-dealkylation sites (tertiary alicyclic amines) is 1. The SMILES string of the molecule is CSc1ccccc1C(=O)N1CCC(C(C)N)CC1.Cl. The van der Waals surface area contributed by atoms with Crippen molar-refractivity contribution in [1.82, 2.24) is 4.90 Å². The van der Waals surface area contributed by atoms with E-state index >= 15 is 0 Å². The number of nitrogens with two attached hydrogens (primary N) is 1. The highest BCUT2D eigenvalue weighted by molar-refractivity contribution is 7.98. The molecular weight excluding hydrogens is 292 g/mol. The lowest BCUT2D eigenvalue weighted by molar-refractivity contribution is 0.0677. The van der Waals surface area contributed by atoms with Crippen molar-refractivity contribution in [3.8, 4) is 0 Å². The summed E-state index contributed by atoms with van der Waals surface area (Å²) in [6.07, 6.45) is 4.05. The van der Waals surface area contributed by atoms with E-state index in [-0.39, 0.29) is 24.4 Å². The first kappa shape index (κ1) is 17.3. The lowest BCUT2D eigenvalue weighted by atomic mass is 9.90. The van der Waals surface area contributed by atoms with Crippen molar-refractivity contribution in [2.24, 2.45) is 11.7 Å². The van der Waals surface area contributed by atoms with E-state index in [0.717, 1.165) is 36.4 Å². The maximum atomic E-state index is 12.5. The minimum atomic E-state index is 0. The first-order valence-electron chi connectivity index (χ1n) is 6.81. The van der Waals surface area contributed by atoms with Gasteiger partial charge in [0.1, 0.15) is 0 Å². The summed E-state index contributed by atoms with van der Waals surface area (Å²) in [4.78, 5) is 15.6. The molecule has 0 radical (unpaired) electrons. The Kier molecular flexibility index (Phi) is 6.86. The van der Waals surface area contributed by atoms with Crippen LogP contribution in [0.1, 0.15) is 30.1 Å². The van der Waals surface area contributed by atoms with Crippen molar-refractivity contribution in [1.29, 1.82) is 0 Å². The van der Waals surface area contributed by atoms with E-state index in [2.05, 4.69) is 6.92 Å². The number of halogens is 1. The van der Waals surface area contributed by atoms with Gasteiger partial charge in [0.05, 0.1) is 5.56 Å². The van der Waals surface area contributed by atoms with Crippen LogP contribution in [-0.2, 0) is 0 Å². The molecular formula is C15H23ClN2OS. The van der Waals surface area contributed by atoms with Gasteiger partial charge in [-0.15, -0.1) is 24.2 Å². The highest BCUT2D eigenvalue weighted by Gasteiger charge is 2.26. The average molecular weight is 315 g/mol. The third kappa shape index (κ3) is 3.90. The van der Waals surface area contributed by atoms with E-state index in [0.29, 0.717) is 5.92 Å². The molecule has 1 amide bonds. The minimum absolute atomic E-state index is 0. The van der Waals surface area contributed by atoms with E-state index in [4.69, 9.17) is 5.73 Å². The van der Waals surface area contributed by atoms with Gasteiger partial charge in [0, 0.05) is 24.0 Å². The number of hydrogen-bond donors (Lipinski definition) is 1. The zero-order valence-electron chi connectivity index (χ0n) is 12.0. The van der Waals surface area contributed by atoms with Crippen LogP contribution in [0.15, 0.2) is 29.2 Å². The van der Waals surface area contributed by atoms with Crippen molar-refractivity contribution < 1.29 is 4.79 Å². The Morgan fingerprint density at radius 1 is 1.35 bits per heavy atom. The molecule has 1 atom stereocenters. The number of benzene rings is 1. The van der Waals surface area contributed by atoms with E-state index in [1.807, 2.05) is 35.4 Å². The Bertz CT molecular complexity index is 445. The van der Waals surface area contributed by atoms with Crippen LogP contribution in [0.25, 0.3) is 0 Å². The van der Waals surface area contributed by atoms with Gasteiger partial charge in [-0.2, -0.15) is 0 Å². The molecule has 1 saturated heterocycles. The summed E-state index contributed by atoms with van der Waals surface area (Å²) in [5, 5.41) is 0. The van der Waals surface area contributed by atoms with Gasteiger partial charge in [0.15, 0.2) is 0 Å². The molecule has 1 aliphatic rings. The number of carbonyl (C=O) groups is 1. The quantitative estimate of drug-likeness (QED) is 0.872. The second kappa shape index (κ2) is 7.91. The van der Waals surface area contributed by atoms with Crippen LogP contribution in [0.2, 0.25) is 0 Å². The molecule has 0 aliphatic carbocycles. The summed E-state index contributed by atoms with van der Waals surface area (Å²) in [7, 11) is 0. The fraction of sp³-hybridized carbons (Fsp3) is 0.533. The molecule has 0 saturated carbocycles. The number of nitrogens with zero attached hydrogens (tertiary/aromatic N) is 1. The molecule has 0 spiro atoms. The molecule has 2 N–H and O–H groups in total. The number of rotatable bonds is 3. The number of amides is 1. The summed E-state index contributed by atoms with van der Waals surface area (Å²) in [6, 6.07) is 8.07. The van der Waals surface area contributed by atoms with Gasteiger partial charge < -0.3 is 10.6 Å². The van der Waals surface area contributed by atoms with Crippen molar-refractivity contribution in [3.05, 3.63) is 29.8 Å². The Balaban J connectivity index is 0.00000200. The highest BCUT2D eigenvalue weighted by atomic mass is 35.5. The molecule has 1 heterocycles. The molecule has 112 valence electrons. The maximum absolute atomic E-state index is 12.5. The summed E-state index contributed by atoms with van der Waals surface area (Å²) >= 11 is 1.63. The second-order valence-corrected chi connectivity index (χ2v) is 6.04. The first-order valence-corrected chi connectivity index (χ1v) is 8.04. The molecule has 3 nitrogen and oxygen atoms in total. The van der Waals surface area contributed by atoms with Crippen LogP contribution in [-0.4, -0.2) is 36.2 Å². The first-order chi connectivity index (χ1) is 9.13. The number of thioether (sulfide) groups is 1. The molecule has 1 aromatic rings. The van der Waals surface area contributed by atoms with Gasteiger partial charge in [0.25, 0.3) is 5.91 Å². The standard InChI is InChI=1S/C15H22N2OS.ClH/c1-11(16)12-7-9-17(10-8-12)15(18)13-5-3-4-6-14(13)19-2;/h3-6,11-12H,7-10,16H2,1-2H3;1H. The summed E-state index contributed by atoms with van der Waals surface area (Å²) in [6.45, 7) is 3.71. The third-order valence-corrected chi connectivity index (χ3v) is 4.70. The van der Waals surface area contributed by atoms with E-state index in [9.17, 15) is 4.79 Å². The summed E-state index contributed by atoms with van der Waals surface area (Å²) < 4.78 is 0. The lowest BCUT2D eigenvalue weighted by Crippen LogP contribution is -2.42. The van der Waals surface area contributed by atoms with Crippen molar-refractivity contribution in [2.75, 3.05) is 19.3 Å². The average Bonchev–Trinajstić information content (AvgIpc) is 2.46. The van der Waals surface area contributed by atoms with Crippen LogP contribution < -0.4 is 5.73 Å². The zero-order chi connectivity index (χ0) is 13.8. The third-order valence-electron chi connectivity index (χ3n) is 3.91. The van der Waals surface area contributed by atoms with Crippen LogP contribution in [0.5, 0.6) is 0 Å². The molecule has 5 heteroatoms. The van der Waals surface area contributed by atoms with Crippen molar-refractivity contribution in [2.45, 2.75) is 30.7 Å². The van der Waals surface area contributed by atoms with Crippen LogP contribution in [0.3, 0.4) is 0 Å². The molecule has 1 fully saturated rings. The molecule has 1 aromatic carbocycles. The Morgan fingerprint density at radius 2 is 1.95 bits per heavy atom. The Hall–Kier alpha value is -0.710. The Morgan fingerprint density at radius 3 is 2.50 bits per heavy atom. The van der Waals surface area contributed by atoms with Crippen molar-refractivity contribution >= 4 is 30.1 Å².